The largest absolute Gasteiger partial charge is 0.389 e. The van der Waals surface area contributed by atoms with Gasteiger partial charge in [0.15, 0.2) is 0 Å². The fourth-order valence-corrected chi connectivity index (χ4v) is 3.10. The molecule has 0 fully saturated rings. The molecule has 1 N–H and O–H groups in total. The van der Waals surface area contributed by atoms with Gasteiger partial charge in [0, 0.05) is 3.58 Å². The molecule has 0 amide bonds. The first-order valence-electron chi connectivity index (χ1n) is 5.17. The molecule has 0 aliphatic rings. The van der Waals surface area contributed by atoms with E-state index < -0.39 is 0 Å². The van der Waals surface area contributed by atoms with E-state index in [-0.39, 0.29) is 6.10 Å². The highest BCUT2D eigenvalue weighted by Gasteiger charge is 2.14. The fourth-order valence-electron chi connectivity index (χ4n) is 1.67. The standard InChI is InChI=1S/C13H17IO/c1-9(2)12(10(3)15)13(14)11-7-5-4-6-8-11/h4-10,15H,1-3H3/b13-12-. The number of aliphatic hydroxyl groups excluding tert-OH is 1. The van der Waals surface area contributed by atoms with Crippen molar-refractivity contribution in [3.63, 3.8) is 0 Å². The van der Waals surface area contributed by atoms with E-state index in [2.05, 4.69) is 48.6 Å². The van der Waals surface area contributed by atoms with Crippen molar-refractivity contribution in [2.45, 2.75) is 26.9 Å². The Morgan fingerprint density at radius 2 is 1.67 bits per heavy atom. The molecule has 1 rings (SSSR count). The van der Waals surface area contributed by atoms with Crippen LogP contribution in [0.2, 0.25) is 0 Å². The third-order valence-electron chi connectivity index (χ3n) is 2.35. The smallest absolute Gasteiger partial charge is 0.0737 e. The monoisotopic (exact) mass is 316 g/mol. The van der Waals surface area contributed by atoms with Gasteiger partial charge in [0.25, 0.3) is 0 Å². The van der Waals surface area contributed by atoms with E-state index in [1.807, 2.05) is 25.1 Å². The van der Waals surface area contributed by atoms with Gasteiger partial charge in [-0.15, -0.1) is 0 Å². The first-order valence-corrected chi connectivity index (χ1v) is 6.25. The van der Waals surface area contributed by atoms with E-state index in [0.29, 0.717) is 5.92 Å². The Hall–Kier alpha value is -0.350. The molecule has 1 aromatic rings. The highest BCUT2D eigenvalue weighted by Crippen LogP contribution is 2.31. The number of rotatable bonds is 3. The molecule has 0 aromatic heterocycles. The molecular weight excluding hydrogens is 299 g/mol. The molecule has 82 valence electrons. The quantitative estimate of drug-likeness (QED) is 0.839. The van der Waals surface area contributed by atoms with Gasteiger partial charge in [-0.2, -0.15) is 0 Å². The molecule has 1 nitrogen and oxygen atoms in total. The van der Waals surface area contributed by atoms with Crippen molar-refractivity contribution in [1.29, 1.82) is 0 Å². The van der Waals surface area contributed by atoms with Gasteiger partial charge in [-0.25, -0.2) is 0 Å². The van der Waals surface area contributed by atoms with E-state index in [1.54, 1.807) is 0 Å². The summed E-state index contributed by atoms with van der Waals surface area (Å²) in [5.74, 6) is 0.372. The molecule has 0 radical (unpaired) electrons. The van der Waals surface area contributed by atoms with Crippen molar-refractivity contribution in [2.75, 3.05) is 0 Å². The van der Waals surface area contributed by atoms with Crippen LogP contribution in [0.15, 0.2) is 35.9 Å². The summed E-state index contributed by atoms with van der Waals surface area (Å²) in [4.78, 5) is 0. The number of aliphatic hydroxyl groups is 1. The number of hydrogen-bond acceptors (Lipinski definition) is 1. The highest BCUT2D eigenvalue weighted by atomic mass is 127. The first-order chi connectivity index (χ1) is 7.04. The molecule has 1 unspecified atom stereocenters. The van der Waals surface area contributed by atoms with Gasteiger partial charge in [-0.05, 0) is 46.6 Å². The molecular formula is C13H17IO. The summed E-state index contributed by atoms with van der Waals surface area (Å²) < 4.78 is 1.16. The molecule has 0 aliphatic heterocycles. The van der Waals surface area contributed by atoms with Crippen LogP contribution in [0.25, 0.3) is 3.58 Å². The lowest BCUT2D eigenvalue weighted by molar-refractivity contribution is 0.221. The lowest BCUT2D eigenvalue weighted by Gasteiger charge is -2.17. The summed E-state index contributed by atoms with van der Waals surface area (Å²) in [6, 6.07) is 10.2. The van der Waals surface area contributed by atoms with Crippen LogP contribution in [0.3, 0.4) is 0 Å². The topological polar surface area (TPSA) is 20.2 Å². The zero-order chi connectivity index (χ0) is 11.4. The summed E-state index contributed by atoms with van der Waals surface area (Å²) in [6.07, 6.45) is -0.378. The van der Waals surface area contributed by atoms with Gasteiger partial charge in [0.1, 0.15) is 0 Å². The maximum Gasteiger partial charge on any atom is 0.0737 e. The Balaban J connectivity index is 3.17. The second kappa shape index (κ2) is 5.66. The average molecular weight is 316 g/mol. The minimum Gasteiger partial charge on any atom is -0.389 e. The molecule has 0 heterocycles. The average Bonchev–Trinajstić information content (AvgIpc) is 2.18. The molecule has 2 heteroatoms. The summed E-state index contributed by atoms with van der Waals surface area (Å²) in [6.45, 7) is 6.06. The van der Waals surface area contributed by atoms with Crippen molar-refractivity contribution in [1.82, 2.24) is 0 Å². The molecule has 1 atom stereocenters. The fraction of sp³-hybridized carbons (Fsp3) is 0.385. The van der Waals surface area contributed by atoms with Crippen LogP contribution in [-0.4, -0.2) is 11.2 Å². The molecule has 1 aromatic carbocycles. The van der Waals surface area contributed by atoms with Crippen molar-refractivity contribution in [3.05, 3.63) is 41.5 Å². The number of hydrogen-bond donors (Lipinski definition) is 1. The second-order valence-corrected chi connectivity index (χ2v) is 5.04. The predicted molar refractivity (Wildman–Crippen MR) is 73.9 cm³/mol. The third-order valence-corrected chi connectivity index (χ3v) is 3.60. The van der Waals surface area contributed by atoms with Gasteiger partial charge in [0.2, 0.25) is 0 Å². The minimum absolute atomic E-state index is 0.372. The summed E-state index contributed by atoms with van der Waals surface area (Å²) in [5, 5.41) is 9.75. The van der Waals surface area contributed by atoms with Crippen LogP contribution >= 0.6 is 22.6 Å². The molecule has 0 aliphatic carbocycles. The Bertz CT molecular complexity index is 329. The van der Waals surface area contributed by atoms with Gasteiger partial charge in [-0.3, -0.25) is 0 Å². The lowest BCUT2D eigenvalue weighted by atomic mass is 9.96. The molecule has 0 saturated carbocycles. The van der Waals surface area contributed by atoms with Gasteiger partial charge in [0.05, 0.1) is 6.10 Å². The van der Waals surface area contributed by atoms with Crippen molar-refractivity contribution < 1.29 is 5.11 Å². The van der Waals surface area contributed by atoms with E-state index in [1.165, 1.54) is 9.14 Å². The third kappa shape index (κ3) is 3.31. The minimum atomic E-state index is -0.378. The van der Waals surface area contributed by atoms with E-state index in [0.717, 1.165) is 5.57 Å². The second-order valence-electron chi connectivity index (χ2n) is 3.97. The molecule has 0 spiro atoms. The lowest BCUT2D eigenvalue weighted by Crippen LogP contribution is -2.11. The molecule has 15 heavy (non-hydrogen) atoms. The molecule has 0 bridgehead atoms. The highest BCUT2D eigenvalue weighted by molar-refractivity contribution is 14.1. The van der Waals surface area contributed by atoms with Crippen LogP contribution in [0.1, 0.15) is 26.3 Å². The van der Waals surface area contributed by atoms with Gasteiger partial charge in [-0.1, -0.05) is 44.2 Å². The van der Waals surface area contributed by atoms with Crippen LogP contribution in [0.5, 0.6) is 0 Å². The Morgan fingerprint density at radius 1 is 1.13 bits per heavy atom. The zero-order valence-electron chi connectivity index (χ0n) is 9.37. The number of halogens is 1. The van der Waals surface area contributed by atoms with E-state index in [9.17, 15) is 5.11 Å². The summed E-state index contributed by atoms with van der Waals surface area (Å²) in [7, 11) is 0. The normalized spacial score (nSPS) is 15.1. The first kappa shape index (κ1) is 12.7. The Morgan fingerprint density at radius 3 is 2.07 bits per heavy atom. The summed E-state index contributed by atoms with van der Waals surface area (Å²) in [5.41, 5.74) is 2.30. The molecule has 0 saturated heterocycles. The summed E-state index contributed by atoms with van der Waals surface area (Å²) >= 11 is 2.32. The Labute approximate surface area is 105 Å². The maximum atomic E-state index is 9.75. The van der Waals surface area contributed by atoms with Crippen molar-refractivity contribution in [2.24, 2.45) is 5.92 Å². The van der Waals surface area contributed by atoms with E-state index in [4.69, 9.17) is 0 Å². The van der Waals surface area contributed by atoms with Crippen molar-refractivity contribution >= 4 is 26.2 Å². The van der Waals surface area contributed by atoms with Crippen LogP contribution in [0.4, 0.5) is 0 Å². The zero-order valence-corrected chi connectivity index (χ0v) is 11.5. The van der Waals surface area contributed by atoms with Crippen LogP contribution < -0.4 is 0 Å². The number of benzene rings is 1. The Kier molecular flexibility index (Phi) is 4.80. The predicted octanol–water partition coefficient (Wildman–Crippen LogP) is 3.87. The van der Waals surface area contributed by atoms with E-state index >= 15 is 0 Å². The van der Waals surface area contributed by atoms with Gasteiger partial charge >= 0.3 is 0 Å². The maximum absolute atomic E-state index is 9.75. The van der Waals surface area contributed by atoms with Crippen LogP contribution in [0, 0.1) is 5.92 Å². The van der Waals surface area contributed by atoms with Crippen molar-refractivity contribution in [3.8, 4) is 0 Å². The van der Waals surface area contributed by atoms with Crippen LogP contribution in [-0.2, 0) is 0 Å². The van der Waals surface area contributed by atoms with Gasteiger partial charge < -0.3 is 5.11 Å². The SMILES string of the molecule is CC(C)/C(=C(/I)c1ccccc1)C(C)O.